The third kappa shape index (κ3) is 2.31. The van der Waals surface area contributed by atoms with Gasteiger partial charge in [-0.25, -0.2) is 0 Å². The van der Waals surface area contributed by atoms with Gasteiger partial charge in [-0.15, -0.1) is 0 Å². The number of hydrogen-bond donors (Lipinski definition) is 2. The van der Waals surface area contributed by atoms with E-state index in [-0.39, 0.29) is 6.10 Å². The number of fused-ring (bicyclic) bond motifs is 1. The highest BCUT2D eigenvalue weighted by Crippen LogP contribution is 2.33. The smallest absolute Gasteiger partial charge is 0.0632 e. The quantitative estimate of drug-likeness (QED) is 0.823. The molecule has 106 valence electrons. The number of hydrogen-bond acceptors (Lipinski definition) is 4. The van der Waals surface area contributed by atoms with E-state index >= 15 is 0 Å². The van der Waals surface area contributed by atoms with Crippen molar-refractivity contribution in [1.29, 1.82) is 0 Å². The summed E-state index contributed by atoms with van der Waals surface area (Å²) in [5.74, 6) is 0.414. The lowest BCUT2D eigenvalue weighted by molar-refractivity contribution is 0.110. The third-order valence-electron chi connectivity index (χ3n) is 4.40. The fourth-order valence-corrected chi connectivity index (χ4v) is 3.08. The molecule has 0 aliphatic carbocycles. The second-order valence-electron chi connectivity index (χ2n) is 5.66. The van der Waals surface area contributed by atoms with Gasteiger partial charge in [-0.05, 0) is 37.8 Å². The lowest BCUT2D eigenvalue weighted by Gasteiger charge is -2.35. The second-order valence-corrected chi connectivity index (χ2v) is 5.66. The Hall–Kier alpha value is -1.81. The maximum atomic E-state index is 9.68. The Bertz CT molecular complexity index is 604. The number of nitrogens with two attached hydrogens (primary N) is 1. The molecule has 0 saturated carbocycles. The Morgan fingerprint density at radius 3 is 2.75 bits per heavy atom. The van der Waals surface area contributed by atoms with Crippen LogP contribution in [-0.4, -0.2) is 29.3 Å². The predicted molar refractivity (Wildman–Crippen MR) is 82.8 cm³/mol. The molecule has 3 N–H and O–H groups in total. The van der Waals surface area contributed by atoms with Crippen molar-refractivity contribution >= 4 is 22.1 Å². The summed E-state index contributed by atoms with van der Waals surface area (Å²) in [5, 5.41) is 11.8. The number of nitrogen functional groups attached to an aromatic ring is 1. The zero-order valence-electron chi connectivity index (χ0n) is 11.8. The van der Waals surface area contributed by atoms with E-state index in [1.165, 1.54) is 0 Å². The van der Waals surface area contributed by atoms with Crippen molar-refractivity contribution in [3.63, 3.8) is 0 Å². The molecule has 0 radical (unpaired) electrons. The van der Waals surface area contributed by atoms with Gasteiger partial charge in [0.1, 0.15) is 0 Å². The monoisotopic (exact) mass is 271 g/mol. The topological polar surface area (TPSA) is 62.4 Å². The Morgan fingerprint density at radius 2 is 2.05 bits per heavy atom. The summed E-state index contributed by atoms with van der Waals surface area (Å²) >= 11 is 0. The highest BCUT2D eigenvalue weighted by molar-refractivity contribution is 5.98. The number of anilines is 2. The fraction of sp³-hybridized carbons (Fsp3) is 0.438. The van der Waals surface area contributed by atoms with Gasteiger partial charge in [-0.1, -0.05) is 6.07 Å². The van der Waals surface area contributed by atoms with Crippen LogP contribution in [0.1, 0.15) is 19.8 Å². The summed E-state index contributed by atoms with van der Waals surface area (Å²) in [6, 6.07) is 6.13. The molecule has 1 unspecified atom stereocenters. The van der Waals surface area contributed by atoms with E-state index < -0.39 is 0 Å². The summed E-state index contributed by atoms with van der Waals surface area (Å²) in [6.45, 7) is 3.80. The van der Waals surface area contributed by atoms with Crippen molar-refractivity contribution in [2.75, 3.05) is 23.7 Å². The van der Waals surface area contributed by atoms with Crippen LogP contribution in [0.15, 0.2) is 30.6 Å². The molecule has 1 fully saturated rings. The molecule has 2 heterocycles. The van der Waals surface area contributed by atoms with Gasteiger partial charge in [0.15, 0.2) is 0 Å². The Balaban J connectivity index is 1.86. The fourth-order valence-electron chi connectivity index (χ4n) is 3.08. The van der Waals surface area contributed by atoms with Crippen molar-refractivity contribution in [2.24, 2.45) is 5.92 Å². The Labute approximate surface area is 119 Å². The van der Waals surface area contributed by atoms with Crippen molar-refractivity contribution < 1.29 is 5.11 Å². The summed E-state index contributed by atoms with van der Waals surface area (Å²) in [4.78, 5) is 6.46. The molecule has 1 aromatic carbocycles. The van der Waals surface area contributed by atoms with Gasteiger partial charge in [0.25, 0.3) is 0 Å². The maximum Gasteiger partial charge on any atom is 0.0632 e. The molecule has 1 aliphatic heterocycles. The average Bonchev–Trinajstić information content (AvgIpc) is 2.48. The van der Waals surface area contributed by atoms with Gasteiger partial charge < -0.3 is 15.7 Å². The van der Waals surface area contributed by atoms with Crippen molar-refractivity contribution in [1.82, 2.24) is 4.98 Å². The Kier molecular flexibility index (Phi) is 3.49. The van der Waals surface area contributed by atoms with Crippen LogP contribution in [-0.2, 0) is 0 Å². The SMILES string of the molecule is CC(O)C1CCN(c2ccc3cnccc3c2N)CC1. The van der Waals surface area contributed by atoms with Crippen LogP contribution in [0.5, 0.6) is 0 Å². The number of aromatic nitrogens is 1. The van der Waals surface area contributed by atoms with Crippen LogP contribution in [0.25, 0.3) is 10.8 Å². The molecule has 3 rings (SSSR count). The summed E-state index contributed by atoms with van der Waals surface area (Å²) in [5.41, 5.74) is 8.26. The van der Waals surface area contributed by atoms with Crippen LogP contribution in [0.4, 0.5) is 11.4 Å². The van der Waals surface area contributed by atoms with E-state index in [0.29, 0.717) is 5.92 Å². The first kappa shape index (κ1) is 13.2. The number of aliphatic hydroxyl groups is 1. The number of benzene rings is 1. The highest BCUT2D eigenvalue weighted by Gasteiger charge is 2.23. The molecule has 4 nitrogen and oxygen atoms in total. The zero-order valence-corrected chi connectivity index (χ0v) is 11.8. The second kappa shape index (κ2) is 5.29. The minimum atomic E-state index is -0.211. The maximum absolute atomic E-state index is 9.68. The van der Waals surface area contributed by atoms with E-state index in [1.54, 1.807) is 6.20 Å². The van der Waals surface area contributed by atoms with E-state index in [4.69, 9.17) is 5.73 Å². The standard InChI is InChI=1S/C16H21N3O/c1-11(20)12-5-8-19(9-6-12)15-3-2-13-10-18-7-4-14(13)16(15)17/h2-4,7,10-12,20H,5-6,8-9,17H2,1H3. The molecule has 1 aliphatic rings. The van der Waals surface area contributed by atoms with Gasteiger partial charge in [-0.3, -0.25) is 4.98 Å². The average molecular weight is 271 g/mol. The molecule has 1 saturated heterocycles. The van der Waals surface area contributed by atoms with E-state index in [1.807, 2.05) is 19.2 Å². The minimum absolute atomic E-state index is 0.211. The molecule has 1 atom stereocenters. The van der Waals surface area contributed by atoms with Crippen LogP contribution in [0.3, 0.4) is 0 Å². The molecule has 0 bridgehead atoms. The van der Waals surface area contributed by atoms with Crippen molar-refractivity contribution in [2.45, 2.75) is 25.9 Å². The Morgan fingerprint density at radius 1 is 1.30 bits per heavy atom. The largest absolute Gasteiger partial charge is 0.397 e. The summed E-state index contributed by atoms with van der Waals surface area (Å²) < 4.78 is 0. The molecule has 20 heavy (non-hydrogen) atoms. The zero-order chi connectivity index (χ0) is 14.1. The van der Waals surface area contributed by atoms with E-state index in [0.717, 1.165) is 48.1 Å². The molecule has 0 spiro atoms. The van der Waals surface area contributed by atoms with Gasteiger partial charge in [-0.2, -0.15) is 0 Å². The van der Waals surface area contributed by atoms with Crippen LogP contribution < -0.4 is 10.6 Å². The molecule has 2 aromatic rings. The third-order valence-corrected chi connectivity index (χ3v) is 4.40. The molecule has 0 amide bonds. The molecular weight excluding hydrogens is 250 g/mol. The number of rotatable bonds is 2. The number of pyridine rings is 1. The van der Waals surface area contributed by atoms with E-state index in [9.17, 15) is 5.11 Å². The summed E-state index contributed by atoms with van der Waals surface area (Å²) in [6.07, 6.45) is 5.45. The van der Waals surface area contributed by atoms with Crippen molar-refractivity contribution in [3.8, 4) is 0 Å². The predicted octanol–water partition coefficient (Wildman–Crippen LogP) is 2.41. The van der Waals surface area contributed by atoms with Gasteiger partial charge in [0.05, 0.1) is 17.5 Å². The van der Waals surface area contributed by atoms with Crippen LogP contribution in [0.2, 0.25) is 0 Å². The van der Waals surface area contributed by atoms with Crippen LogP contribution in [0, 0.1) is 5.92 Å². The normalized spacial score (nSPS) is 18.4. The first-order valence-electron chi connectivity index (χ1n) is 7.22. The van der Waals surface area contributed by atoms with Gasteiger partial charge >= 0.3 is 0 Å². The summed E-state index contributed by atoms with van der Waals surface area (Å²) in [7, 11) is 0. The number of piperidine rings is 1. The van der Waals surface area contributed by atoms with Crippen molar-refractivity contribution in [3.05, 3.63) is 30.6 Å². The first-order valence-corrected chi connectivity index (χ1v) is 7.22. The van der Waals surface area contributed by atoms with E-state index in [2.05, 4.69) is 22.0 Å². The van der Waals surface area contributed by atoms with Gasteiger partial charge in [0, 0.05) is 36.3 Å². The van der Waals surface area contributed by atoms with Crippen LogP contribution >= 0.6 is 0 Å². The molecular formula is C16H21N3O. The minimum Gasteiger partial charge on any atom is -0.397 e. The lowest BCUT2D eigenvalue weighted by atomic mass is 9.91. The molecule has 1 aromatic heterocycles. The number of nitrogens with zero attached hydrogens (tertiary/aromatic N) is 2. The lowest BCUT2D eigenvalue weighted by Crippen LogP contribution is -2.37. The number of aliphatic hydroxyl groups excluding tert-OH is 1. The first-order chi connectivity index (χ1) is 9.66. The molecule has 4 heteroatoms. The van der Waals surface area contributed by atoms with Gasteiger partial charge in [0.2, 0.25) is 0 Å². The highest BCUT2D eigenvalue weighted by atomic mass is 16.3.